The molecule has 0 aromatic rings. The van der Waals surface area contributed by atoms with Crippen molar-refractivity contribution < 1.29 is 38.5 Å². The quantitative estimate of drug-likeness (QED) is 0.0516. The number of nitrogens with one attached hydrogen (secondary N) is 2. The van der Waals surface area contributed by atoms with Crippen molar-refractivity contribution in [2.24, 2.45) is 5.73 Å². The molecular formula is C35H67N3O8. The molecule has 0 aliphatic heterocycles. The van der Waals surface area contributed by atoms with Gasteiger partial charge in [-0.15, -0.1) is 0 Å². The van der Waals surface area contributed by atoms with Crippen molar-refractivity contribution in [1.82, 2.24) is 10.6 Å². The maximum atomic E-state index is 12.8. The largest absolute Gasteiger partial charge is 0.481 e. The first-order chi connectivity index (χ1) is 22.0. The summed E-state index contributed by atoms with van der Waals surface area (Å²) in [5.41, 5.74) is 4.71. The summed E-state index contributed by atoms with van der Waals surface area (Å²) in [6, 6.07) is -0.700. The monoisotopic (exact) mass is 657 g/mol. The number of carbonyl (C=O) groups excluding carboxylic acids is 3. The Hall–Kier alpha value is -2.24. The average molecular weight is 658 g/mol. The topological polar surface area (TPSA) is 166 Å². The molecule has 0 rings (SSSR count). The van der Waals surface area contributed by atoms with E-state index < -0.39 is 23.6 Å². The summed E-state index contributed by atoms with van der Waals surface area (Å²) >= 11 is 0. The second-order valence-electron chi connectivity index (χ2n) is 13.1. The first kappa shape index (κ1) is 43.8. The lowest BCUT2D eigenvalue weighted by molar-refractivity contribution is -0.159. The number of carbonyl (C=O) groups is 4. The van der Waals surface area contributed by atoms with Gasteiger partial charge in [0.25, 0.3) is 0 Å². The van der Waals surface area contributed by atoms with E-state index in [1.54, 1.807) is 0 Å². The number of unbranched alkanes of at least 4 members (excludes halogenated alkanes) is 14. The maximum absolute atomic E-state index is 12.8. The van der Waals surface area contributed by atoms with Crippen LogP contribution in [0.2, 0.25) is 0 Å². The molecule has 0 fully saturated rings. The van der Waals surface area contributed by atoms with Gasteiger partial charge in [0.15, 0.2) is 0 Å². The first-order valence-corrected chi connectivity index (χ1v) is 17.9. The lowest BCUT2D eigenvalue weighted by Crippen LogP contribution is -2.44. The number of hydrogen-bond acceptors (Lipinski definition) is 8. The highest BCUT2D eigenvalue weighted by Crippen LogP contribution is 2.15. The van der Waals surface area contributed by atoms with Crippen LogP contribution in [0.5, 0.6) is 0 Å². The summed E-state index contributed by atoms with van der Waals surface area (Å²) in [5, 5.41) is 14.4. The lowest BCUT2D eigenvalue weighted by atomic mass is 10.0. The van der Waals surface area contributed by atoms with Gasteiger partial charge in [-0.2, -0.15) is 0 Å². The highest BCUT2D eigenvalue weighted by molar-refractivity contribution is 5.84. The van der Waals surface area contributed by atoms with Gasteiger partial charge in [-0.05, 0) is 52.9 Å². The number of rotatable bonds is 32. The molecule has 0 aromatic heterocycles. The Balaban J connectivity index is 4.01. The Morgan fingerprint density at radius 1 is 0.630 bits per heavy atom. The van der Waals surface area contributed by atoms with Gasteiger partial charge in [0.1, 0.15) is 11.6 Å². The predicted molar refractivity (Wildman–Crippen MR) is 181 cm³/mol. The molecule has 0 saturated carbocycles. The van der Waals surface area contributed by atoms with Crippen LogP contribution in [0.25, 0.3) is 0 Å². The van der Waals surface area contributed by atoms with E-state index in [1.165, 1.54) is 51.4 Å². The van der Waals surface area contributed by atoms with Crippen molar-refractivity contribution in [2.75, 3.05) is 39.5 Å². The van der Waals surface area contributed by atoms with Crippen molar-refractivity contribution in [3.05, 3.63) is 0 Å². The van der Waals surface area contributed by atoms with Crippen molar-refractivity contribution >= 4 is 23.8 Å². The van der Waals surface area contributed by atoms with E-state index in [1.807, 2.05) is 20.8 Å². The number of esters is 1. The molecular weight excluding hydrogens is 590 g/mol. The minimum Gasteiger partial charge on any atom is -0.481 e. The van der Waals surface area contributed by atoms with Gasteiger partial charge in [0.2, 0.25) is 11.8 Å². The Labute approximate surface area is 278 Å². The third kappa shape index (κ3) is 31.7. The van der Waals surface area contributed by atoms with Crippen molar-refractivity contribution in [2.45, 2.75) is 161 Å². The number of aliphatic carboxylic acids is 1. The highest BCUT2D eigenvalue weighted by Gasteiger charge is 2.26. The van der Waals surface area contributed by atoms with E-state index in [0.29, 0.717) is 71.6 Å². The zero-order chi connectivity index (χ0) is 34.3. The van der Waals surface area contributed by atoms with E-state index in [0.717, 1.165) is 38.5 Å². The molecule has 11 nitrogen and oxygen atoms in total. The zero-order valence-electron chi connectivity index (χ0n) is 29.3. The first-order valence-electron chi connectivity index (χ1n) is 17.9. The number of carboxylic acids is 1. The van der Waals surface area contributed by atoms with Crippen LogP contribution >= 0.6 is 0 Å². The van der Waals surface area contributed by atoms with E-state index in [9.17, 15) is 19.2 Å². The van der Waals surface area contributed by atoms with Gasteiger partial charge in [-0.1, -0.05) is 77.0 Å². The van der Waals surface area contributed by atoms with E-state index in [4.69, 9.17) is 25.1 Å². The molecule has 0 aliphatic rings. The Morgan fingerprint density at radius 2 is 1.13 bits per heavy atom. The molecule has 0 saturated heterocycles. The Kier molecular flexibility index (Phi) is 28.6. The maximum Gasteiger partial charge on any atom is 0.329 e. The number of nitrogens with two attached hydrogens (primary N) is 1. The van der Waals surface area contributed by atoms with Crippen LogP contribution in [-0.2, 0) is 33.4 Å². The minimum absolute atomic E-state index is 0.0884. The fourth-order valence-corrected chi connectivity index (χ4v) is 4.93. The minimum atomic E-state index is -0.700. The van der Waals surface area contributed by atoms with Crippen LogP contribution in [0.4, 0.5) is 0 Å². The van der Waals surface area contributed by atoms with Gasteiger partial charge in [0.05, 0.1) is 26.4 Å². The molecule has 0 spiro atoms. The summed E-state index contributed by atoms with van der Waals surface area (Å²) in [4.78, 5) is 47.9. The lowest BCUT2D eigenvalue weighted by Gasteiger charge is -2.24. The molecule has 2 amide bonds. The smallest absolute Gasteiger partial charge is 0.329 e. The van der Waals surface area contributed by atoms with Gasteiger partial charge >= 0.3 is 11.9 Å². The van der Waals surface area contributed by atoms with Gasteiger partial charge < -0.3 is 35.7 Å². The van der Waals surface area contributed by atoms with Gasteiger partial charge in [0, 0.05) is 32.4 Å². The summed E-state index contributed by atoms with van der Waals surface area (Å²) in [6.45, 7) is 8.10. The number of ether oxygens (including phenoxy) is 3. The fourth-order valence-electron chi connectivity index (χ4n) is 4.93. The average Bonchev–Trinajstić information content (AvgIpc) is 2.98. The van der Waals surface area contributed by atoms with E-state index in [2.05, 4.69) is 10.6 Å². The van der Waals surface area contributed by atoms with Crippen LogP contribution in [0.1, 0.15) is 149 Å². The normalized spacial score (nSPS) is 12.1. The Morgan fingerprint density at radius 3 is 1.63 bits per heavy atom. The molecule has 11 heteroatoms. The van der Waals surface area contributed by atoms with Crippen LogP contribution in [0.3, 0.4) is 0 Å². The van der Waals surface area contributed by atoms with Crippen LogP contribution in [-0.4, -0.2) is 80.0 Å². The number of carboxylic acid groups (broad SMARTS) is 1. The molecule has 0 bridgehead atoms. The van der Waals surface area contributed by atoms with Gasteiger partial charge in [-0.3, -0.25) is 14.4 Å². The van der Waals surface area contributed by atoms with Crippen LogP contribution in [0.15, 0.2) is 0 Å². The molecule has 270 valence electrons. The SMILES string of the molecule is CC(C)(C)OC(=O)C(CCCCNC(=O)CCOCCOCCN)NC(=O)CCCCCCCCCCCCCCCCC(=O)O. The summed E-state index contributed by atoms with van der Waals surface area (Å²) < 4.78 is 16.1. The van der Waals surface area contributed by atoms with Gasteiger partial charge in [-0.25, -0.2) is 4.79 Å². The summed E-state index contributed by atoms with van der Waals surface area (Å²) in [5.74, 6) is -1.33. The molecule has 46 heavy (non-hydrogen) atoms. The van der Waals surface area contributed by atoms with Crippen molar-refractivity contribution in [3.63, 3.8) is 0 Å². The Bertz CT molecular complexity index is 788. The second-order valence-corrected chi connectivity index (χ2v) is 13.1. The predicted octanol–water partition coefficient (Wildman–Crippen LogP) is 5.81. The van der Waals surface area contributed by atoms with Crippen LogP contribution < -0.4 is 16.4 Å². The fraction of sp³-hybridized carbons (Fsp3) is 0.886. The number of hydrogen-bond donors (Lipinski definition) is 4. The molecule has 0 radical (unpaired) electrons. The van der Waals surface area contributed by atoms with Crippen molar-refractivity contribution in [3.8, 4) is 0 Å². The van der Waals surface area contributed by atoms with Crippen molar-refractivity contribution in [1.29, 1.82) is 0 Å². The molecule has 1 unspecified atom stereocenters. The second kappa shape index (κ2) is 30.1. The third-order valence-electron chi connectivity index (χ3n) is 7.42. The molecule has 0 heterocycles. The standard InChI is InChI=1S/C35H67N3O8/c1-35(2,3)46-34(43)30(20-18-19-25-37-31(39)23-26-44-28-29-45-27-24-36)38-32(40)21-16-14-12-10-8-6-4-5-7-9-11-13-15-17-22-33(41)42/h30H,4-29,36H2,1-3H3,(H,37,39)(H,38,40)(H,41,42). The summed E-state index contributed by atoms with van der Waals surface area (Å²) in [6.07, 6.45) is 18.5. The molecule has 0 aromatic carbocycles. The van der Waals surface area contributed by atoms with E-state index >= 15 is 0 Å². The molecule has 5 N–H and O–H groups in total. The zero-order valence-corrected chi connectivity index (χ0v) is 29.3. The van der Waals surface area contributed by atoms with Crippen LogP contribution in [0, 0.1) is 0 Å². The van der Waals surface area contributed by atoms with E-state index in [-0.39, 0.29) is 18.2 Å². The number of amides is 2. The third-order valence-corrected chi connectivity index (χ3v) is 7.42. The highest BCUT2D eigenvalue weighted by atomic mass is 16.6. The molecule has 1 atom stereocenters. The molecule has 0 aliphatic carbocycles. The summed E-state index contributed by atoms with van der Waals surface area (Å²) in [7, 11) is 0.